The Morgan fingerprint density at radius 3 is 2.69 bits per heavy atom. The summed E-state index contributed by atoms with van der Waals surface area (Å²) in [4.78, 5) is 0. The van der Waals surface area contributed by atoms with Crippen LogP contribution in [0.1, 0.15) is 17.2 Å². The van der Waals surface area contributed by atoms with Crippen molar-refractivity contribution in [1.29, 1.82) is 0 Å². The van der Waals surface area contributed by atoms with Crippen molar-refractivity contribution in [3.8, 4) is 5.75 Å². The summed E-state index contributed by atoms with van der Waals surface area (Å²) in [5.41, 5.74) is 0.436. The second-order valence-corrected chi connectivity index (χ2v) is 6.11. The molecule has 0 saturated heterocycles. The number of rotatable bonds is 1. The average Bonchev–Trinajstić information content (AvgIpc) is 2.15. The molecule has 0 aliphatic carbocycles. The highest BCUT2D eigenvalue weighted by Crippen LogP contribution is 2.42. The zero-order chi connectivity index (χ0) is 11.9. The van der Waals surface area contributed by atoms with Gasteiger partial charge in [-0.05, 0) is 12.1 Å². The molecule has 1 aliphatic heterocycles. The summed E-state index contributed by atoms with van der Waals surface area (Å²) in [5.74, 6) is 0.358. The van der Waals surface area contributed by atoms with Crippen molar-refractivity contribution in [1.82, 2.24) is 0 Å². The molecule has 1 aromatic carbocycles. The summed E-state index contributed by atoms with van der Waals surface area (Å²) in [6.07, 6.45) is 0.308. The lowest BCUT2D eigenvalue weighted by Gasteiger charge is -2.25. The first-order chi connectivity index (χ1) is 7.39. The number of hydrogen-bond donors (Lipinski definition) is 1. The van der Waals surface area contributed by atoms with Crippen molar-refractivity contribution in [3.05, 3.63) is 27.7 Å². The second-order valence-electron chi connectivity index (χ2n) is 3.52. The van der Waals surface area contributed by atoms with Crippen LogP contribution in [-0.4, -0.2) is 15.0 Å². The van der Waals surface area contributed by atoms with Crippen molar-refractivity contribution in [2.24, 2.45) is 5.14 Å². The van der Waals surface area contributed by atoms with Crippen molar-refractivity contribution in [3.63, 3.8) is 0 Å². The molecule has 0 spiro atoms. The van der Waals surface area contributed by atoms with E-state index in [9.17, 15) is 8.42 Å². The van der Waals surface area contributed by atoms with Crippen LogP contribution in [0.5, 0.6) is 5.75 Å². The number of fused-ring (bicyclic) bond motifs is 1. The lowest BCUT2D eigenvalue weighted by molar-refractivity contribution is 0.283. The standard InChI is InChI=1S/C9H9Cl2NO3S/c10-5-3-6-8(16(12,13)14)1-2-15-9(6)7(11)4-5/h3-4,8H,1-2H2,(H2,12,13,14). The van der Waals surface area contributed by atoms with E-state index in [0.29, 0.717) is 27.8 Å². The molecule has 1 unspecified atom stereocenters. The summed E-state index contributed by atoms with van der Waals surface area (Å²) < 4.78 is 28.1. The molecule has 0 amide bonds. The fraction of sp³-hybridized carbons (Fsp3) is 0.333. The van der Waals surface area contributed by atoms with Crippen LogP contribution in [0.2, 0.25) is 10.0 Å². The molecule has 2 N–H and O–H groups in total. The van der Waals surface area contributed by atoms with Gasteiger partial charge in [0, 0.05) is 17.0 Å². The first-order valence-corrected chi connectivity index (χ1v) is 6.89. The lowest BCUT2D eigenvalue weighted by Crippen LogP contribution is -2.27. The lowest BCUT2D eigenvalue weighted by atomic mass is 10.1. The first-order valence-electron chi connectivity index (χ1n) is 4.53. The Bertz CT molecular complexity index is 530. The molecule has 4 nitrogen and oxygen atoms in total. The van der Waals surface area contributed by atoms with Gasteiger partial charge in [0.15, 0.2) is 0 Å². The molecule has 1 aromatic rings. The highest BCUT2D eigenvalue weighted by molar-refractivity contribution is 7.89. The third kappa shape index (κ3) is 2.13. The maximum absolute atomic E-state index is 11.4. The smallest absolute Gasteiger partial charge is 0.216 e. The van der Waals surface area contributed by atoms with Gasteiger partial charge in [0.2, 0.25) is 10.0 Å². The van der Waals surface area contributed by atoms with Crippen LogP contribution in [0.15, 0.2) is 12.1 Å². The van der Waals surface area contributed by atoms with Crippen molar-refractivity contribution >= 4 is 33.2 Å². The van der Waals surface area contributed by atoms with E-state index in [-0.39, 0.29) is 6.61 Å². The minimum absolute atomic E-state index is 0.273. The fourth-order valence-corrected chi connectivity index (χ4v) is 3.25. The van der Waals surface area contributed by atoms with Crippen LogP contribution in [0, 0.1) is 0 Å². The normalized spacial score (nSPS) is 20.1. The molecule has 0 radical (unpaired) electrons. The van der Waals surface area contributed by atoms with Crippen molar-refractivity contribution < 1.29 is 13.2 Å². The Labute approximate surface area is 103 Å². The largest absolute Gasteiger partial charge is 0.492 e. The number of ether oxygens (including phenoxy) is 1. The average molecular weight is 282 g/mol. The Morgan fingerprint density at radius 2 is 2.06 bits per heavy atom. The van der Waals surface area contributed by atoms with E-state index >= 15 is 0 Å². The number of nitrogens with two attached hydrogens (primary N) is 1. The van der Waals surface area contributed by atoms with Gasteiger partial charge in [0.05, 0.1) is 11.6 Å². The predicted molar refractivity (Wildman–Crippen MR) is 62.4 cm³/mol. The van der Waals surface area contributed by atoms with E-state index in [1.165, 1.54) is 12.1 Å². The molecule has 7 heteroatoms. The SMILES string of the molecule is NS(=O)(=O)C1CCOc2c(Cl)cc(Cl)cc21. The van der Waals surface area contributed by atoms with E-state index in [4.69, 9.17) is 33.1 Å². The molecule has 88 valence electrons. The first kappa shape index (κ1) is 12.0. The third-order valence-electron chi connectivity index (χ3n) is 2.41. The molecule has 1 aliphatic rings. The van der Waals surface area contributed by atoms with E-state index in [0.717, 1.165) is 0 Å². The van der Waals surface area contributed by atoms with Crippen LogP contribution in [0.4, 0.5) is 0 Å². The van der Waals surface area contributed by atoms with Gasteiger partial charge < -0.3 is 4.74 Å². The predicted octanol–water partition coefficient (Wildman–Crippen LogP) is 2.11. The van der Waals surface area contributed by atoms with Gasteiger partial charge in [-0.2, -0.15) is 0 Å². The maximum atomic E-state index is 11.4. The third-order valence-corrected chi connectivity index (χ3v) is 4.19. The van der Waals surface area contributed by atoms with Gasteiger partial charge in [0.25, 0.3) is 0 Å². The van der Waals surface area contributed by atoms with Gasteiger partial charge in [-0.15, -0.1) is 0 Å². The zero-order valence-corrected chi connectivity index (χ0v) is 10.4. The molecule has 16 heavy (non-hydrogen) atoms. The Balaban J connectivity index is 2.63. The number of halogens is 2. The maximum Gasteiger partial charge on any atom is 0.216 e. The second kappa shape index (κ2) is 4.07. The molecule has 0 saturated carbocycles. The summed E-state index contributed by atoms with van der Waals surface area (Å²) in [6.45, 7) is 0.273. The molecular formula is C9H9Cl2NO3S. The van der Waals surface area contributed by atoms with Crippen LogP contribution < -0.4 is 9.88 Å². The summed E-state index contributed by atoms with van der Waals surface area (Å²) in [7, 11) is -3.67. The van der Waals surface area contributed by atoms with E-state index in [1.807, 2.05) is 0 Å². The molecule has 1 heterocycles. The van der Waals surface area contributed by atoms with Gasteiger partial charge in [-0.1, -0.05) is 23.2 Å². The molecule has 0 bridgehead atoms. The zero-order valence-electron chi connectivity index (χ0n) is 8.11. The quantitative estimate of drug-likeness (QED) is 0.857. The number of benzene rings is 1. The van der Waals surface area contributed by atoms with Gasteiger partial charge in [-0.3, -0.25) is 0 Å². The fourth-order valence-electron chi connectivity index (χ4n) is 1.74. The summed E-state index contributed by atoms with van der Waals surface area (Å²) in [5, 5.41) is 5.02. The monoisotopic (exact) mass is 281 g/mol. The Morgan fingerprint density at radius 1 is 1.38 bits per heavy atom. The molecular weight excluding hydrogens is 273 g/mol. The Kier molecular flexibility index (Phi) is 3.05. The number of hydrogen-bond acceptors (Lipinski definition) is 3. The molecule has 2 rings (SSSR count). The van der Waals surface area contributed by atoms with Gasteiger partial charge in [-0.25, -0.2) is 13.6 Å². The van der Waals surface area contributed by atoms with Gasteiger partial charge in [0.1, 0.15) is 11.0 Å². The Hall–Kier alpha value is -0.490. The number of primary sulfonamides is 1. The van der Waals surface area contributed by atoms with Crippen molar-refractivity contribution in [2.45, 2.75) is 11.7 Å². The summed E-state index contributed by atoms with van der Waals surface area (Å²) >= 11 is 11.7. The van der Waals surface area contributed by atoms with Crippen LogP contribution in [-0.2, 0) is 10.0 Å². The highest BCUT2D eigenvalue weighted by atomic mass is 35.5. The van der Waals surface area contributed by atoms with Crippen LogP contribution in [0.25, 0.3) is 0 Å². The summed E-state index contributed by atoms with van der Waals surface area (Å²) in [6, 6.07) is 3.03. The van der Waals surface area contributed by atoms with E-state index < -0.39 is 15.3 Å². The van der Waals surface area contributed by atoms with Crippen LogP contribution >= 0.6 is 23.2 Å². The minimum Gasteiger partial charge on any atom is -0.492 e. The highest BCUT2D eigenvalue weighted by Gasteiger charge is 2.31. The number of sulfonamides is 1. The van der Waals surface area contributed by atoms with Crippen LogP contribution in [0.3, 0.4) is 0 Å². The van der Waals surface area contributed by atoms with Crippen molar-refractivity contribution in [2.75, 3.05) is 6.61 Å². The minimum atomic E-state index is -3.67. The molecule has 0 aromatic heterocycles. The molecule has 0 fully saturated rings. The molecule has 1 atom stereocenters. The van der Waals surface area contributed by atoms with Gasteiger partial charge >= 0.3 is 0 Å². The van der Waals surface area contributed by atoms with E-state index in [1.54, 1.807) is 0 Å². The topological polar surface area (TPSA) is 69.4 Å². The van der Waals surface area contributed by atoms with E-state index in [2.05, 4.69) is 0 Å².